The molecule has 0 saturated heterocycles. The molecule has 0 aliphatic rings. The summed E-state index contributed by atoms with van der Waals surface area (Å²) in [6, 6.07) is 5.49. The second-order valence-corrected chi connectivity index (χ2v) is 4.89. The molecule has 5 heteroatoms. The van der Waals surface area contributed by atoms with Gasteiger partial charge in [0.05, 0.1) is 6.61 Å². The Morgan fingerprint density at radius 2 is 2.15 bits per heavy atom. The van der Waals surface area contributed by atoms with Crippen molar-refractivity contribution in [1.82, 2.24) is 5.32 Å². The van der Waals surface area contributed by atoms with Gasteiger partial charge in [0.15, 0.2) is 6.61 Å². The molecular formula is C15H22ClNO3. The summed E-state index contributed by atoms with van der Waals surface area (Å²) in [7, 11) is 0. The van der Waals surface area contributed by atoms with Gasteiger partial charge in [-0.1, -0.05) is 18.5 Å². The van der Waals surface area contributed by atoms with Gasteiger partial charge in [-0.3, -0.25) is 0 Å². The third-order valence-corrected chi connectivity index (χ3v) is 3.02. The number of hydrogen-bond acceptors (Lipinski definition) is 4. The monoisotopic (exact) mass is 299 g/mol. The Morgan fingerprint density at radius 3 is 2.80 bits per heavy atom. The molecule has 0 amide bonds. The Morgan fingerprint density at radius 1 is 1.40 bits per heavy atom. The van der Waals surface area contributed by atoms with E-state index in [1.807, 2.05) is 13.0 Å². The summed E-state index contributed by atoms with van der Waals surface area (Å²) in [4.78, 5) is 11.3. The summed E-state index contributed by atoms with van der Waals surface area (Å²) >= 11 is 6.03. The number of ether oxygens (including phenoxy) is 2. The van der Waals surface area contributed by atoms with Crippen molar-refractivity contribution in [3.8, 4) is 5.75 Å². The molecule has 1 unspecified atom stereocenters. The first kappa shape index (κ1) is 16.8. The maximum atomic E-state index is 11.3. The Bertz CT molecular complexity index is 437. The standard InChI is InChI=1S/C15H22ClNO3/c1-4-8-17-11(3)13-9-12(16)6-7-14(13)20-10-15(18)19-5-2/h6-7,9,11,17H,4-5,8,10H2,1-3H3. The highest BCUT2D eigenvalue weighted by Gasteiger charge is 2.13. The first-order valence-corrected chi connectivity index (χ1v) is 7.27. The Hall–Kier alpha value is -1.26. The van der Waals surface area contributed by atoms with Crippen LogP contribution in [0.4, 0.5) is 0 Å². The third kappa shape index (κ3) is 5.39. The molecular weight excluding hydrogens is 278 g/mol. The summed E-state index contributed by atoms with van der Waals surface area (Å²) in [5.41, 5.74) is 0.940. The van der Waals surface area contributed by atoms with Crippen molar-refractivity contribution in [3.05, 3.63) is 28.8 Å². The molecule has 0 spiro atoms. The van der Waals surface area contributed by atoms with Crippen LogP contribution in [0.3, 0.4) is 0 Å². The highest BCUT2D eigenvalue weighted by molar-refractivity contribution is 6.30. The van der Waals surface area contributed by atoms with Gasteiger partial charge in [0.25, 0.3) is 0 Å². The van der Waals surface area contributed by atoms with E-state index in [1.165, 1.54) is 0 Å². The third-order valence-electron chi connectivity index (χ3n) is 2.79. The molecule has 0 aromatic heterocycles. The number of benzene rings is 1. The van der Waals surface area contributed by atoms with Crippen LogP contribution in [0.15, 0.2) is 18.2 Å². The van der Waals surface area contributed by atoms with E-state index in [0.717, 1.165) is 18.5 Å². The zero-order valence-electron chi connectivity index (χ0n) is 12.2. The number of hydrogen-bond donors (Lipinski definition) is 1. The van der Waals surface area contributed by atoms with Crippen molar-refractivity contribution in [2.45, 2.75) is 33.2 Å². The van der Waals surface area contributed by atoms with Crippen LogP contribution in [-0.2, 0) is 9.53 Å². The average Bonchev–Trinajstić information content (AvgIpc) is 2.43. The highest BCUT2D eigenvalue weighted by atomic mass is 35.5. The quantitative estimate of drug-likeness (QED) is 0.748. The van der Waals surface area contributed by atoms with Crippen LogP contribution >= 0.6 is 11.6 Å². The second-order valence-electron chi connectivity index (χ2n) is 4.45. The van der Waals surface area contributed by atoms with Gasteiger partial charge in [-0.05, 0) is 45.0 Å². The SMILES string of the molecule is CCCNC(C)c1cc(Cl)ccc1OCC(=O)OCC. The van der Waals surface area contributed by atoms with Crippen LogP contribution in [0.25, 0.3) is 0 Å². The van der Waals surface area contributed by atoms with Gasteiger partial charge in [-0.15, -0.1) is 0 Å². The van der Waals surface area contributed by atoms with E-state index in [4.69, 9.17) is 21.1 Å². The summed E-state index contributed by atoms with van der Waals surface area (Å²) in [6.07, 6.45) is 1.05. The van der Waals surface area contributed by atoms with Gasteiger partial charge in [0.2, 0.25) is 0 Å². The number of nitrogens with one attached hydrogen (secondary N) is 1. The van der Waals surface area contributed by atoms with E-state index < -0.39 is 0 Å². The van der Waals surface area contributed by atoms with E-state index in [0.29, 0.717) is 17.4 Å². The fraction of sp³-hybridized carbons (Fsp3) is 0.533. The molecule has 0 aliphatic heterocycles. The van der Waals surface area contributed by atoms with Crippen molar-refractivity contribution < 1.29 is 14.3 Å². The predicted molar refractivity (Wildman–Crippen MR) is 80.3 cm³/mol. The van der Waals surface area contributed by atoms with E-state index in [1.54, 1.807) is 19.1 Å². The fourth-order valence-corrected chi connectivity index (χ4v) is 1.98. The van der Waals surface area contributed by atoms with Crippen LogP contribution in [0.5, 0.6) is 5.75 Å². The van der Waals surface area contributed by atoms with Crippen molar-refractivity contribution in [1.29, 1.82) is 0 Å². The maximum absolute atomic E-state index is 11.3. The van der Waals surface area contributed by atoms with Gasteiger partial charge >= 0.3 is 5.97 Å². The van der Waals surface area contributed by atoms with Gasteiger partial charge < -0.3 is 14.8 Å². The highest BCUT2D eigenvalue weighted by Crippen LogP contribution is 2.28. The Balaban J connectivity index is 2.76. The largest absolute Gasteiger partial charge is 0.482 e. The summed E-state index contributed by atoms with van der Waals surface area (Å²) in [6.45, 7) is 7.08. The lowest BCUT2D eigenvalue weighted by molar-refractivity contribution is -0.145. The van der Waals surface area contributed by atoms with Crippen molar-refractivity contribution in [2.75, 3.05) is 19.8 Å². The fourth-order valence-electron chi connectivity index (χ4n) is 1.80. The smallest absolute Gasteiger partial charge is 0.344 e. The summed E-state index contributed by atoms with van der Waals surface area (Å²) in [5.74, 6) is 0.279. The van der Waals surface area contributed by atoms with Crippen LogP contribution in [-0.4, -0.2) is 25.7 Å². The topological polar surface area (TPSA) is 47.6 Å². The molecule has 0 radical (unpaired) electrons. The van der Waals surface area contributed by atoms with Crippen LogP contribution in [0.1, 0.15) is 38.8 Å². The minimum absolute atomic E-state index is 0.0943. The van der Waals surface area contributed by atoms with E-state index in [9.17, 15) is 4.79 Å². The molecule has 0 heterocycles. The number of esters is 1. The molecule has 4 nitrogen and oxygen atoms in total. The number of halogens is 1. The van der Waals surface area contributed by atoms with E-state index in [2.05, 4.69) is 12.2 Å². The van der Waals surface area contributed by atoms with Gasteiger partial charge in [0.1, 0.15) is 5.75 Å². The Kier molecular flexibility index (Phi) is 7.41. The van der Waals surface area contributed by atoms with Gasteiger partial charge in [-0.25, -0.2) is 4.79 Å². The number of rotatable bonds is 8. The molecule has 0 aliphatic carbocycles. The molecule has 1 atom stereocenters. The molecule has 1 N–H and O–H groups in total. The normalized spacial score (nSPS) is 12.0. The van der Waals surface area contributed by atoms with Crippen LogP contribution < -0.4 is 10.1 Å². The molecule has 1 aromatic rings. The molecule has 0 bridgehead atoms. The Labute approximate surface area is 125 Å². The maximum Gasteiger partial charge on any atom is 0.344 e. The van der Waals surface area contributed by atoms with E-state index >= 15 is 0 Å². The minimum atomic E-state index is -0.373. The van der Waals surface area contributed by atoms with Crippen LogP contribution in [0.2, 0.25) is 5.02 Å². The summed E-state index contributed by atoms with van der Waals surface area (Å²) < 4.78 is 10.4. The van der Waals surface area contributed by atoms with Crippen molar-refractivity contribution in [3.63, 3.8) is 0 Å². The van der Waals surface area contributed by atoms with Crippen LogP contribution in [0, 0.1) is 0 Å². The van der Waals surface area contributed by atoms with E-state index in [-0.39, 0.29) is 18.6 Å². The number of carbonyl (C=O) groups is 1. The first-order chi connectivity index (χ1) is 9.58. The summed E-state index contributed by atoms with van der Waals surface area (Å²) in [5, 5.41) is 4.02. The zero-order valence-corrected chi connectivity index (χ0v) is 13.0. The first-order valence-electron chi connectivity index (χ1n) is 6.89. The molecule has 0 fully saturated rings. The molecule has 0 saturated carbocycles. The van der Waals surface area contributed by atoms with Gasteiger partial charge in [-0.2, -0.15) is 0 Å². The molecule has 1 rings (SSSR count). The minimum Gasteiger partial charge on any atom is -0.482 e. The van der Waals surface area contributed by atoms with Crippen molar-refractivity contribution in [2.24, 2.45) is 0 Å². The molecule has 20 heavy (non-hydrogen) atoms. The lowest BCUT2D eigenvalue weighted by atomic mass is 10.1. The predicted octanol–water partition coefficient (Wildman–Crippen LogP) is 3.34. The molecule has 1 aromatic carbocycles. The zero-order chi connectivity index (χ0) is 15.0. The lowest BCUT2D eigenvalue weighted by Crippen LogP contribution is -2.21. The van der Waals surface area contributed by atoms with Gasteiger partial charge in [0, 0.05) is 16.6 Å². The van der Waals surface area contributed by atoms with Crippen molar-refractivity contribution >= 4 is 17.6 Å². The lowest BCUT2D eigenvalue weighted by Gasteiger charge is -2.18. The molecule has 112 valence electrons. The second kappa shape index (κ2) is 8.82. The average molecular weight is 300 g/mol. The number of carbonyl (C=O) groups excluding carboxylic acids is 1.